The third-order valence-electron chi connectivity index (χ3n) is 3.11. The minimum Gasteiger partial charge on any atom is -0.435 e. The molecule has 0 heterocycles. The van der Waals surface area contributed by atoms with Gasteiger partial charge in [-0.25, -0.2) is 0 Å². The van der Waals surface area contributed by atoms with Gasteiger partial charge >= 0.3 is 6.61 Å². The van der Waals surface area contributed by atoms with E-state index in [0.29, 0.717) is 6.42 Å². The van der Waals surface area contributed by atoms with E-state index in [-0.39, 0.29) is 11.1 Å². The first-order valence-corrected chi connectivity index (χ1v) is 6.73. The van der Waals surface area contributed by atoms with Crippen molar-refractivity contribution >= 4 is 11.6 Å². The smallest absolute Gasteiger partial charge is 0.387 e. The zero-order chi connectivity index (χ0) is 14.5. The average molecular weight is 297 g/mol. The highest BCUT2D eigenvalue weighted by molar-refractivity contribution is 6.20. The topological polar surface area (TPSA) is 9.23 Å². The lowest BCUT2D eigenvalue weighted by atomic mass is 10.00. The molecule has 0 spiro atoms. The SMILES string of the molecule is Cc1ccccc1CC(Cl)c1cccc(OC(F)F)c1. The number of alkyl halides is 3. The summed E-state index contributed by atoms with van der Waals surface area (Å²) in [5, 5.41) is -0.280. The van der Waals surface area contributed by atoms with Crippen LogP contribution in [0.3, 0.4) is 0 Å². The summed E-state index contributed by atoms with van der Waals surface area (Å²) >= 11 is 6.38. The van der Waals surface area contributed by atoms with Crippen LogP contribution >= 0.6 is 11.6 Å². The average Bonchev–Trinajstić information content (AvgIpc) is 2.41. The number of aryl methyl sites for hydroxylation is 1. The van der Waals surface area contributed by atoms with E-state index >= 15 is 0 Å². The van der Waals surface area contributed by atoms with E-state index in [1.54, 1.807) is 12.1 Å². The van der Waals surface area contributed by atoms with Gasteiger partial charge in [-0.05, 0) is 42.2 Å². The molecule has 1 unspecified atom stereocenters. The lowest BCUT2D eigenvalue weighted by molar-refractivity contribution is -0.0498. The van der Waals surface area contributed by atoms with Crippen molar-refractivity contribution in [2.75, 3.05) is 0 Å². The van der Waals surface area contributed by atoms with Crippen LogP contribution in [-0.4, -0.2) is 6.61 Å². The Morgan fingerprint density at radius 3 is 2.55 bits per heavy atom. The highest BCUT2D eigenvalue weighted by Gasteiger charge is 2.12. The molecule has 0 aliphatic carbocycles. The molecule has 0 aromatic heterocycles. The summed E-state index contributed by atoms with van der Waals surface area (Å²) in [6.07, 6.45) is 0.645. The van der Waals surface area contributed by atoms with Crippen molar-refractivity contribution in [3.05, 3.63) is 65.2 Å². The van der Waals surface area contributed by atoms with Crippen molar-refractivity contribution in [2.24, 2.45) is 0 Å². The number of benzene rings is 2. The van der Waals surface area contributed by atoms with Crippen LogP contribution in [0.1, 0.15) is 22.1 Å². The molecule has 20 heavy (non-hydrogen) atoms. The van der Waals surface area contributed by atoms with Crippen LogP contribution in [0, 0.1) is 6.92 Å². The van der Waals surface area contributed by atoms with E-state index in [2.05, 4.69) is 4.74 Å². The lowest BCUT2D eigenvalue weighted by Gasteiger charge is -2.13. The van der Waals surface area contributed by atoms with Gasteiger partial charge in [0, 0.05) is 0 Å². The number of hydrogen-bond donors (Lipinski definition) is 0. The molecule has 1 atom stereocenters. The third-order valence-corrected chi connectivity index (χ3v) is 3.51. The molecule has 2 rings (SSSR count). The van der Waals surface area contributed by atoms with E-state index in [0.717, 1.165) is 16.7 Å². The molecule has 4 heteroatoms. The molecule has 0 fully saturated rings. The summed E-state index contributed by atoms with van der Waals surface area (Å²) in [7, 11) is 0. The molecule has 0 aliphatic rings. The van der Waals surface area contributed by atoms with Gasteiger partial charge in [0.15, 0.2) is 0 Å². The van der Waals surface area contributed by atoms with Crippen molar-refractivity contribution < 1.29 is 13.5 Å². The Balaban J connectivity index is 2.13. The quantitative estimate of drug-likeness (QED) is 0.696. The van der Waals surface area contributed by atoms with Crippen LogP contribution in [0.5, 0.6) is 5.75 Å². The number of rotatable bonds is 5. The summed E-state index contributed by atoms with van der Waals surface area (Å²) in [6, 6.07) is 14.5. The second kappa shape index (κ2) is 6.71. The molecule has 106 valence electrons. The predicted octanol–water partition coefficient (Wildman–Crippen LogP) is 5.12. The second-order valence-electron chi connectivity index (χ2n) is 4.55. The van der Waals surface area contributed by atoms with Gasteiger partial charge in [0.25, 0.3) is 0 Å². The largest absolute Gasteiger partial charge is 0.435 e. The summed E-state index contributed by atoms with van der Waals surface area (Å²) in [5.74, 6) is 0.132. The Morgan fingerprint density at radius 1 is 1.10 bits per heavy atom. The zero-order valence-corrected chi connectivity index (χ0v) is 11.8. The van der Waals surface area contributed by atoms with Crippen LogP contribution in [0.2, 0.25) is 0 Å². The molecule has 0 amide bonds. The highest BCUT2D eigenvalue weighted by atomic mass is 35.5. The monoisotopic (exact) mass is 296 g/mol. The van der Waals surface area contributed by atoms with Crippen molar-refractivity contribution in [3.8, 4) is 5.75 Å². The summed E-state index contributed by atoms with van der Waals surface area (Å²) in [5.41, 5.74) is 3.08. The standard InChI is InChI=1S/C16H15ClF2O/c1-11-5-2-3-6-12(11)10-15(17)13-7-4-8-14(9-13)20-16(18)19/h2-9,15-16H,10H2,1H3. The van der Waals surface area contributed by atoms with Crippen LogP contribution in [0.25, 0.3) is 0 Å². The van der Waals surface area contributed by atoms with Gasteiger partial charge < -0.3 is 4.74 Å². The van der Waals surface area contributed by atoms with Crippen LogP contribution in [-0.2, 0) is 6.42 Å². The van der Waals surface area contributed by atoms with Crippen molar-refractivity contribution in [1.29, 1.82) is 0 Å². The van der Waals surface area contributed by atoms with E-state index in [1.807, 2.05) is 37.3 Å². The molecule has 0 saturated carbocycles. The van der Waals surface area contributed by atoms with Crippen molar-refractivity contribution in [1.82, 2.24) is 0 Å². The van der Waals surface area contributed by atoms with Gasteiger partial charge in [-0.2, -0.15) is 8.78 Å². The maximum atomic E-state index is 12.2. The van der Waals surface area contributed by atoms with Gasteiger partial charge in [0.05, 0.1) is 5.38 Å². The van der Waals surface area contributed by atoms with Crippen molar-refractivity contribution in [2.45, 2.75) is 25.3 Å². The highest BCUT2D eigenvalue weighted by Crippen LogP contribution is 2.29. The molecule has 0 N–H and O–H groups in total. The summed E-state index contributed by atoms with van der Waals surface area (Å²) < 4.78 is 28.8. The Morgan fingerprint density at radius 2 is 1.85 bits per heavy atom. The normalized spacial score (nSPS) is 12.4. The first-order chi connectivity index (χ1) is 9.56. The number of hydrogen-bond acceptors (Lipinski definition) is 1. The van der Waals surface area contributed by atoms with Gasteiger partial charge in [0.1, 0.15) is 5.75 Å². The maximum absolute atomic E-state index is 12.2. The van der Waals surface area contributed by atoms with Crippen LogP contribution in [0.4, 0.5) is 8.78 Å². The third kappa shape index (κ3) is 3.94. The molecule has 2 aromatic carbocycles. The van der Waals surface area contributed by atoms with Crippen molar-refractivity contribution in [3.63, 3.8) is 0 Å². The second-order valence-corrected chi connectivity index (χ2v) is 5.08. The predicted molar refractivity (Wildman–Crippen MR) is 76.6 cm³/mol. The molecule has 0 radical (unpaired) electrons. The Labute approximate surface area is 122 Å². The van der Waals surface area contributed by atoms with E-state index in [1.165, 1.54) is 6.07 Å². The molecule has 0 saturated heterocycles. The van der Waals surface area contributed by atoms with E-state index < -0.39 is 6.61 Å². The van der Waals surface area contributed by atoms with Crippen LogP contribution in [0.15, 0.2) is 48.5 Å². The van der Waals surface area contributed by atoms with E-state index in [9.17, 15) is 8.78 Å². The maximum Gasteiger partial charge on any atom is 0.387 e. The van der Waals surface area contributed by atoms with Gasteiger partial charge in [-0.15, -0.1) is 11.6 Å². The summed E-state index contributed by atoms with van der Waals surface area (Å²) in [6.45, 7) is -0.801. The molecule has 1 nitrogen and oxygen atoms in total. The molecule has 0 aliphatic heterocycles. The fourth-order valence-corrected chi connectivity index (χ4v) is 2.34. The Kier molecular flexibility index (Phi) is 4.96. The first kappa shape index (κ1) is 14.8. The summed E-state index contributed by atoms with van der Waals surface area (Å²) in [4.78, 5) is 0. The number of ether oxygens (including phenoxy) is 1. The zero-order valence-electron chi connectivity index (χ0n) is 11.0. The van der Waals surface area contributed by atoms with E-state index in [4.69, 9.17) is 11.6 Å². The Bertz CT molecular complexity index is 572. The number of halogens is 3. The fraction of sp³-hybridized carbons (Fsp3) is 0.250. The fourth-order valence-electron chi connectivity index (χ4n) is 2.04. The molecular formula is C16H15ClF2O. The minimum atomic E-state index is -2.82. The van der Waals surface area contributed by atoms with Gasteiger partial charge in [-0.3, -0.25) is 0 Å². The molecule has 2 aromatic rings. The first-order valence-electron chi connectivity index (χ1n) is 6.29. The molecule has 0 bridgehead atoms. The Hall–Kier alpha value is -1.61. The van der Waals surface area contributed by atoms with Gasteiger partial charge in [-0.1, -0.05) is 36.4 Å². The minimum absolute atomic E-state index is 0.132. The lowest BCUT2D eigenvalue weighted by Crippen LogP contribution is -2.03. The molecular weight excluding hydrogens is 282 g/mol. The van der Waals surface area contributed by atoms with Gasteiger partial charge in [0.2, 0.25) is 0 Å². The van der Waals surface area contributed by atoms with Crippen LogP contribution < -0.4 is 4.74 Å².